The molecule has 78 valence electrons. The van der Waals surface area contributed by atoms with E-state index in [0.29, 0.717) is 5.92 Å². The monoisotopic (exact) mass is 192 g/mol. The average Bonchev–Trinajstić information content (AvgIpc) is 2.54. The van der Waals surface area contributed by atoms with E-state index in [1.54, 1.807) is 0 Å². The van der Waals surface area contributed by atoms with Gasteiger partial charge >= 0.3 is 0 Å². The standard InChI is InChI=1S/C13H20O/c1-5-6-10-9(2)7-8-11-12(3,4)13(10,11)14/h5,11,14H,1,6-8H2,2-4H3. The Kier molecular flexibility index (Phi) is 1.94. The molecule has 0 aliphatic heterocycles. The van der Waals surface area contributed by atoms with Crippen molar-refractivity contribution in [1.82, 2.24) is 0 Å². The van der Waals surface area contributed by atoms with Gasteiger partial charge in [0.1, 0.15) is 0 Å². The molecule has 2 aliphatic carbocycles. The molecule has 0 bridgehead atoms. The predicted octanol–water partition coefficient (Wildman–Crippen LogP) is 3.06. The van der Waals surface area contributed by atoms with Gasteiger partial charge in [-0.25, -0.2) is 0 Å². The van der Waals surface area contributed by atoms with Crippen LogP contribution in [0.3, 0.4) is 0 Å². The maximum atomic E-state index is 10.6. The maximum absolute atomic E-state index is 10.6. The molecule has 0 heterocycles. The number of hydrogen-bond acceptors (Lipinski definition) is 1. The highest BCUT2D eigenvalue weighted by molar-refractivity contribution is 5.42. The van der Waals surface area contributed by atoms with E-state index in [1.807, 2.05) is 6.08 Å². The van der Waals surface area contributed by atoms with Crippen molar-refractivity contribution in [1.29, 1.82) is 0 Å². The first kappa shape index (κ1) is 9.97. The summed E-state index contributed by atoms with van der Waals surface area (Å²) in [6.07, 6.45) is 5.06. The maximum Gasteiger partial charge on any atom is 0.0951 e. The Balaban J connectivity index is 2.39. The molecule has 1 saturated carbocycles. The number of rotatable bonds is 2. The van der Waals surface area contributed by atoms with Gasteiger partial charge in [-0.3, -0.25) is 0 Å². The number of fused-ring (bicyclic) bond motifs is 1. The highest BCUT2D eigenvalue weighted by atomic mass is 16.3. The Bertz CT molecular complexity index is 311. The molecule has 0 spiro atoms. The molecule has 14 heavy (non-hydrogen) atoms. The third-order valence-electron chi connectivity index (χ3n) is 4.41. The second-order valence-corrected chi connectivity index (χ2v) is 5.33. The first-order valence-corrected chi connectivity index (χ1v) is 5.48. The van der Waals surface area contributed by atoms with Crippen LogP contribution in [-0.2, 0) is 0 Å². The largest absolute Gasteiger partial charge is 0.385 e. The quantitative estimate of drug-likeness (QED) is 0.667. The van der Waals surface area contributed by atoms with Crippen LogP contribution in [0.25, 0.3) is 0 Å². The number of hydrogen-bond donors (Lipinski definition) is 1. The Hall–Kier alpha value is -0.560. The van der Waals surface area contributed by atoms with E-state index in [0.717, 1.165) is 19.3 Å². The van der Waals surface area contributed by atoms with Gasteiger partial charge in [0.2, 0.25) is 0 Å². The lowest BCUT2D eigenvalue weighted by Crippen LogP contribution is -2.23. The van der Waals surface area contributed by atoms with Gasteiger partial charge in [-0.1, -0.05) is 25.5 Å². The zero-order valence-electron chi connectivity index (χ0n) is 9.43. The molecule has 0 aromatic rings. The lowest BCUT2D eigenvalue weighted by Gasteiger charge is -2.23. The first-order valence-electron chi connectivity index (χ1n) is 5.48. The van der Waals surface area contributed by atoms with Crippen LogP contribution in [0.15, 0.2) is 23.8 Å². The first-order chi connectivity index (χ1) is 6.46. The minimum atomic E-state index is -0.510. The minimum absolute atomic E-state index is 0.0864. The van der Waals surface area contributed by atoms with Crippen molar-refractivity contribution >= 4 is 0 Å². The van der Waals surface area contributed by atoms with E-state index >= 15 is 0 Å². The third-order valence-corrected chi connectivity index (χ3v) is 4.41. The summed E-state index contributed by atoms with van der Waals surface area (Å²) in [6.45, 7) is 10.3. The summed E-state index contributed by atoms with van der Waals surface area (Å²) in [5.41, 5.74) is 2.20. The fraction of sp³-hybridized carbons (Fsp3) is 0.692. The predicted molar refractivity (Wildman–Crippen MR) is 59.0 cm³/mol. The van der Waals surface area contributed by atoms with Gasteiger partial charge in [0.25, 0.3) is 0 Å². The van der Waals surface area contributed by atoms with Crippen molar-refractivity contribution in [3.05, 3.63) is 23.8 Å². The average molecular weight is 192 g/mol. The van der Waals surface area contributed by atoms with E-state index in [-0.39, 0.29) is 5.41 Å². The fourth-order valence-corrected chi connectivity index (χ4v) is 3.33. The summed E-state index contributed by atoms with van der Waals surface area (Å²) in [5.74, 6) is 0.480. The van der Waals surface area contributed by atoms with Crippen LogP contribution >= 0.6 is 0 Å². The highest BCUT2D eigenvalue weighted by Crippen LogP contribution is 2.70. The molecular formula is C13H20O. The van der Waals surface area contributed by atoms with Gasteiger partial charge in [0.05, 0.1) is 5.60 Å². The molecule has 2 aliphatic rings. The van der Waals surface area contributed by atoms with Crippen molar-refractivity contribution in [3.63, 3.8) is 0 Å². The van der Waals surface area contributed by atoms with Crippen molar-refractivity contribution < 1.29 is 5.11 Å². The molecule has 0 radical (unpaired) electrons. The minimum Gasteiger partial charge on any atom is -0.385 e. The SMILES string of the molecule is C=CCC1=C(C)CCC2C(C)(C)C12O. The molecule has 0 aromatic carbocycles. The van der Waals surface area contributed by atoms with E-state index in [1.165, 1.54) is 11.1 Å². The fourth-order valence-electron chi connectivity index (χ4n) is 3.33. The van der Waals surface area contributed by atoms with Crippen molar-refractivity contribution in [2.45, 2.75) is 45.6 Å². The van der Waals surface area contributed by atoms with Crippen molar-refractivity contribution in [2.75, 3.05) is 0 Å². The molecule has 1 N–H and O–H groups in total. The second-order valence-electron chi connectivity index (χ2n) is 5.33. The smallest absolute Gasteiger partial charge is 0.0951 e. The van der Waals surface area contributed by atoms with Crippen LogP contribution in [0.4, 0.5) is 0 Å². The second kappa shape index (κ2) is 2.73. The molecule has 1 heteroatoms. The van der Waals surface area contributed by atoms with Crippen LogP contribution in [0.1, 0.15) is 40.0 Å². The van der Waals surface area contributed by atoms with Crippen molar-refractivity contribution in [2.24, 2.45) is 11.3 Å². The topological polar surface area (TPSA) is 20.2 Å². The van der Waals surface area contributed by atoms with E-state index in [4.69, 9.17) is 0 Å². The van der Waals surface area contributed by atoms with E-state index < -0.39 is 5.60 Å². The molecule has 2 unspecified atom stereocenters. The summed E-state index contributed by atoms with van der Waals surface area (Å²) >= 11 is 0. The Morgan fingerprint density at radius 3 is 2.79 bits per heavy atom. The van der Waals surface area contributed by atoms with Crippen LogP contribution in [-0.4, -0.2) is 10.7 Å². The molecule has 2 rings (SSSR count). The van der Waals surface area contributed by atoms with Crippen molar-refractivity contribution in [3.8, 4) is 0 Å². The lowest BCUT2D eigenvalue weighted by atomic mass is 9.87. The molecule has 1 fully saturated rings. The normalized spacial score (nSPS) is 39.3. The Morgan fingerprint density at radius 1 is 1.57 bits per heavy atom. The van der Waals surface area contributed by atoms with Gasteiger partial charge in [-0.2, -0.15) is 0 Å². The lowest BCUT2D eigenvalue weighted by molar-refractivity contribution is 0.130. The van der Waals surface area contributed by atoms with Gasteiger partial charge in [-0.15, -0.1) is 6.58 Å². The molecule has 0 amide bonds. The summed E-state index contributed by atoms with van der Waals surface area (Å²) in [4.78, 5) is 0. The molecular weight excluding hydrogens is 172 g/mol. The molecule has 2 atom stereocenters. The Labute approximate surface area is 86.5 Å². The summed E-state index contributed by atoms with van der Waals surface area (Å²) in [6, 6.07) is 0. The van der Waals surface area contributed by atoms with Gasteiger partial charge < -0.3 is 5.11 Å². The highest BCUT2D eigenvalue weighted by Gasteiger charge is 2.72. The Morgan fingerprint density at radius 2 is 2.21 bits per heavy atom. The van der Waals surface area contributed by atoms with Crippen LogP contribution < -0.4 is 0 Å². The van der Waals surface area contributed by atoms with E-state index in [9.17, 15) is 5.11 Å². The zero-order valence-corrected chi connectivity index (χ0v) is 9.43. The van der Waals surface area contributed by atoms with Gasteiger partial charge in [-0.05, 0) is 31.8 Å². The van der Waals surface area contributed by atoms with Crippen LogP contribution in [0, 0.1) is 11.3 Å². The van der Waals surface area contributed by atoms with Gasteiger partial charge in [0, 0.05) is 11.3 Å². The van der Waals surface area contributed by atoms with Gasteiger partial charge in [0.15, 0.2) is 0 Å². The zero-order chi connectivity index (χ0) is 10.6. The molecule has 1 nitrogen and oxygen atoms in total. The number of allylic oxidation sites excluding steroid dienone is 2. The molecule has 0 saturated heterocycles. The molecule has 0 aromatic heterocycles. The summed E-state index contributed by atoms with van der Waals surface area (Å²) < 4.78 is 0. The third kappa shape index (κ3) is 0.939. The summed E-state index contributed by atoms with van der Waals surface area (Å²) in [7, 11) is 0. The van der Waals surface area contributed by atoms with Crippen LogP contribution in [0.5, 0.6) is 0 Å². The van der Waals surface area contributed by atoms with E-state index in [2.05, 4.69) is 27.4 Å². The number of aliphatic hydroxyl groups is 1. The summed E-state index contributed by atoms with van der Waals surface area (Å²) in [5, 5.41) is 10.6. The van der Waals surface area contributed by atoms with Crippen LogP contribution in [0.2, 0.25) is 0 Å².